The molecule has 0 aliphatic carbocycles. The van der Waals surface area contributed by atoms with Crippen LogP contribution < -0.4 is 10.5 Å². The van der Waals surface area contributed by atoms with Crippen LogP contribution in [0.2, 0.25) is 0 Å². The summed E-state index contributed by atoms with van der Waals surface area (Å²) in [6.45, 7) is 6.28. The molecule has 0 unspecified atom stereocenters. The Balaban J connectivity index is 1.81. The number of benzene rings is 2. The predicted octanol–water partition coefficient (Wildman–Crippen LogP) is 4.78. The van der Waals surface area contributed by atoms with Gasteiger partial charge >= 0.3 is 0 Å². The highest BCUT2D eigenvalue weighted by molar-refractivity contribution is 5.69. The number of allylic oxidation sites excluding steroid dienone is 1. The van der Waals surface area contributed by atoms with Crippen molar-refractivity contribution in [1.29, 1.82) is 5.26 Å². The van der Waals surface area contributed by atoms with Crippen LogP contribution in [-0.4, -0.2) is 20.0 Å². The standard InChI is InChI=1S/C26H24N6O/c1-26(2,3)23-21-20(18(14-27)24(28)33-25(21)30-29-23)19-15-32(17-12-8-5-9-13-17)31-22(19)16-10-6-4-7-11-16/h4-13,15,20H,28H2,1-3H3,(H,29,30)/t20-/m1/s1. The van der Waals surface area contributed by atoms with Gasteiger partial charge in [0.05, 0.1) is 22.9 Å². The zero-order chi connectivity index (χ0) is 23.2. The van der Waals surface area contributed by atoms with Crippen molar-refractivity contribution >= 4 is 0 Å². The van der Waals surface area contributed by atoms with E-state index in [0.29, 0.717) is 11.5 Å². The number of aromatic nitrogens is 4. The van der Waals surface area contributed by atoms with Gasteiger partial charge in [0.15, 0.2) is 0 Å². The van der Waals surface area contributed by atoms with E-state index in [0.717, 1.165) is 33.8 Å². The molecule has 3 N–H and O–H groups in total. The van der Waals surface area contributed by atoms with Gasteiger partial charge in [0, 0.05) is 28.4 Å². The van der Waals surface area contributed by atoms with Crippen molar-refractivity contribution in [2.24, 2.45) is 5.73 Å². The van der Waals surface area contributed by atoms with Gasteiger partial charge < -0.3 is 10.5 Å². The molecule has 1 aliphatic rings. The highest BCUT2D eigenvalue weighted by Crippen LogP contribution is 2.47. The fraction of sp³-hybridized carbons (Fsp3) is 0.192. The second kappa shape index (κ2) is 7.68. The molecule has 0 saturated carbocycles. The highest BCUT2D eigenvalue weighted by atomic mass is 16.5. The van der Waals surface area contributed by atoms with E-state index in [1.54, 1.807) is 0 Å². The summed E-state index contributed by atoms with van der Waals surface area (Å²) in [7, 11) is 0. The first-order valence-corrected chi connectivity index (χ1v) is 10.7. The fourth-order valence-electron chi connectivity index (χ4n) is 4.26. The van der Waals surface area contributed by atoms with Crippen LogP contribution in [0.4, 0.5) is 0 Å². The number of ether oxygens (including phenoxy) is 1. The van der Waals surface area contributed by atoms with Gasteiger partial charge in [-0.15, -0.1) is 5.10 Å². The van der Waals surface area contributed by atoms with Gasteiger partial charge in [0.1, 0.15) is 11.6 Å². The summed E-state index contributed by atoms with van der Waals surface area (Å²) in [6.07, 6.45) is 1.97. The maximum absolute atomic E-state index is 10.1. The fourth-order valence-corrected chi connectivity index (χ4v) is 4.26. The van der Waals surface area contributed by atoms with Gasteiger partial charge in [-0.3, -0.25) is 5.10 Å². The second-order valence-corrected chi connectivity index (χ2v) is 9.07. The molecule has 0 amide bonds. The van der Waals surface area contributed by atoms with Crippen LogP contribution in [0.1, 0.15) is 43.5 Å². The lowest BCUT2D eigenvalue weighted by Crippen LogP contribution is -2.24. The number of rotatable bonds is 3. The third-order valence-corrected chi connectivity index (χ3v) is 5.81. The molecule has 7 heteroatoms. The van der Waals surface area contributed by atoms with Crippen molar-refractivity contribution in [2.45, 2.75) is 32.1 Å². The maximum Gasteiger partial charge on any atom is 0.244 e. The van der Waals surface area contributed by atoms with E-state index < -0.39 is 5.92 Å². The second-order valence-electron chi connectivity index (χ2n) is 9.07. The summed E-state index contributed by atoms with van der Waals surface area (Å²) < 4.78 is 7.61. The average molecular weight is 437 g/mol. The summed E-state index contributed by atoms with van der Waals surface area (Å²) in [4.78, 5) is 0. The van der Waals surface area contributed by atoms with Gasteiger partial charge in [-0.2, -0.15) is 10.4 Å². The maximum atomic E-state index is 10.1. The molecule has 164 valence electrons. The molecule has 33 heavy (non-hydrogen) atoms. The number of hydrogen-bond donors (Lipinski definition) is 2. The van der Waals surface area contributed by atoms with E-state index in [1.807, 2.05) is 71.5 Å². The Morgan fingerprint density at radius 3 is 2.36 bits per heavy atom. The first-order chi connectivity index (χ1) is 15.9. The molecule has 3 heterocycles. The minimum Gasteiger partial charge on any atom is -0.420 e. The van der Waals surface area contributed by atoms with Crippen LogP contribution in [0, 0.1) is 11.3 Å². The SMILES string of the molecule is CC(C)(C)c1[nH]nc2c1[C@@H](c1cn(-c3ccccc3)nc1-c1ccccc1)C(C#N)=C(N)O2. The van der Waals surface area contributed by atoms with Crippen molar-refractivity contribution in [1.82, 2.24) is 20.0 Å². The Bertz CT molecular complexity index is 1380. The summed E-state index contributed by atoms with van der Waals surface area (Å²) >= 11 is 0. The number of H-pyrrole nitrogens is 1. The average Bonchev–Trinajstić information content (AvgIpc) is 3.44. The van der Waals surface area contributed by atoms with Crippen molar-refractivity contribution in [3.8, 4) is 28.9 Å². The molecule has 1 aliphatic heterocycles. The number of nitriles is 1. The number of fused-ring (bicyclic) bond motifs is 1. The molecule has 0 bridgehead atoms. The monoisotopic (exact) mass is 436 g/mol. The van der Waals surface area contributed by atoms with E-state index in [1.165, 1.54) is 0 Å². The van der Waals surface area contributed by atoms with Crippen molar-refractivity contribution in [3.63, 3.8) is 0 Å². The van der Waals surface area contributed by atoms with Crippen LogP contribution in [0.3, 0.4) is 0 Å². The normalized spacial score (nSPS) is 15.6. The number of nitrogens with two attached hydrogens (primary N) is 1. The summed E-state index contributed by atoms with van der Waals surface area (Å²) in [5.41, 5.74) is 11.5. The molecule has 5 rings (SSSR count). The zero-order valence-electron chi connectivity index (χ0n) is 18.7. The van der Waals surface area contributed by atoms with E-state index in [-0.39, 0.29) is 11.3 Å². The lowest BCUT2D eigenvalue weighted by atomic mass is 9.78. The number of hydrogen-bond acceptors (Lipinski definition) is 5. The van der Waals surface area contributed by atoms with Crippen molar-refractivity contribution < 1.29 is 4.74 Å². The molecule has 0 spiro atoms. The smallest absolute Gasteiger partial charge is 0.244 e. The predicted molar refractivity (Wildman–Crippen MR) is 126 cm³/mol. The topological polar surface area (TPSA) is 106 Å². The van der Waals surface area contributed by atoms with E-state index in [2.05, 4.69) is 37.0 Å². The molecule has 2 aromatic carbocycles. The molecular formula is C26H24N6O. The van der Waals surface area contributed by atoms with E-state index in [9.17, 15) is 5.26 Å². The molecule has 1 atom stereocenters. The van der Waals surface area contributed by atoms with Crippen molar-refractivity contribution in [3.05, 3.63) is 95.1 Å². The van der Waals surface area contributed by atoms with Crippen LogP contribution in [0.25, 0.3) is 16.9 Å². The summed E-state index contributed by atoms with van der Waals surface area (Å²) in [5.74, 6) is -0.0132. The number of para-hydroxylation sites is 1. The van der Waals surface area contributed by atoms with Gasteiger partial charge in [-0.1, -0.05) is 69.3 Å². The Labute approximate surface area is 192 Å². The Morgan fingerprint density at radius 1 is 1.06 bits per heavy atom. The lowest BCUT2D eigenvalue weighted by Gasteiger charge is -2.27. The third-order valence-electron chi connectivity index (χ3n) is 5.81. The minimum atomic E-state index is -0.473. The molecule has 0 radical (unpaired) electrons. The molecule has 2 aromatic heterocycles. The zero-order valence-corrected chi connectivity index (χ0v) is 18.7. The summed E-state index contributed by atoms with van der Waals surface area (Å²) in [6, 6.07) is 22.1. The molecule has 4 aromatic rings. The Morgan fingerprint density at radius 2 is 1.73 bits per heavy atom. The first-order valence-electron chi connectivity index (χ1n) is 10.7. The third kappa shape index (κ3) is 3.46. The van der Waals surface area contributed by atoms with Crippen molar-refractivity contribution in [2.75, 3.05) is 0 Å². The molecule has 7 nitrogen and oxygen atoms in total. The Hall–Kier alpha value is -4.31. The molecule has 0 saturated heterocycles. The van der Waals surface area contributed by atoms with E-state index >= 15 is 0 Å². The molecule has 0 fully saturated rings. The lowest BCUT2D eigenvalue weighted by molar-refractivity contribution is 0.378. The van der Waals surface area contributed by atoms with Gasteiger partial charge in [0.2, 0.25) is 11.8 Å². The first kappa shape index (κ1) is 20.6. The van der Waals surface area contributed by atoms with Gasteiger partial charge in [0.25, 0.3) is 0 Å². The largest absolute Gasteiger partial charge is 0.420 e. The van der Waals surface area contributed by atoms with Gasteiger partial charge in [-0.05, 0) is 12.1 Å². The van der Waals surface area contributed by atoms with Crippen LogP contribution >= 0.6 is 0 Å². The number of nitrogens with one attached hydrogen (secondary N) is 1. The van der Waals surface area contributed by atoms with Crippen LogP contribution in [-0.2, 0) is 5.41 Å². The van der Waals surface area contributed by atoms with E-state index in [4.69, 9.17) is 15.6 Å². The quantitative estimate of drug-likeness (QED) is 0.481. The van der Waals surface area contributed by atoms with Crippen LogP contribution in [0.5, 0.6) is 5.88 Å². The number of aromatic amines is 1. The minimum absolute atomic E-state index is 0.0634. The highest BCUT2D eigenvalue weighted by Gasteiger charge is 2.40. The van der Waals surface area contributed by atoms with Crippen LogP contribution in [0.15, 0.2) is 78.3 Å². The molecular weight excluding hydrogens is 412 g/mol. The number of nitrogens with zero attached hydrogens (tertiary/aromatic N) is 4. The van der Waals surface area contributed by atoms with Gasteiger partial charge in [-0.25, -0.2) is 4.68 Å². The Kier molecular flexibility index (Phi) is 4.79. The summed E-state index contributed by atoms with van der Waals surface area (Å²) in [5, 5.41) is 22.6.